The van der Waals surface area contributed by atoms with Crippen molar-refractivity contribution < 1.29 is 9.84 Å². The fourth-order valence-electron chi connectivity index (χ4n) is 1.60. The van der Waals surface area contributed by atoms with Crippen LogP contribution in [0, 0.1) is 0 Å². The number of rotatable bonds is 5. The van der Waals surface area contributed by atoms with Crippen LogP contribution in [-0.4, -0.2) is 39.4 Å². The Balaban J connectivity index is 2.21. The van der Waals surface area contributed by atoms with E-state index in [4.69, 9.17) is 27.9 Å². The lowest BCUT2D eigenvalue weighted by molar-refractivity contribution is 0.0320. The van der Waals surface area contributed by atoms with E-state index >= 15 is 0 Å². The molecular formula is C11H13Cl2N3O2. The molecule has 7 heteroatoms. The normalized spacial score (nSPS) is 13.1. The van der Waals surface area contributed by atoms with Crippen molar-refractivity contribution >= 4 is 34.2 Å². The van der Waals surface area contributed by atoms with E-state index in [1.165, 1.54) is 0 Å². The third-order valence-electron chi connectivity index (χ3n) is 2.45. The maximum atomic E-state index is 9.76. The van der Waals surface area contributed by atoms with Gasteiger partial charge in [-0.05, 0) is 19.1 Å². The van der Waals surface area contributed by atoms with Crippen LogP contribution in [0.15, 0.2) is 12.1 Å². The standard InChI is InChI=1S/C11H13Cl2N3O2/c1-2-18-6-7(17)5-16-11-4-9(13)8(12)3-10(11)14-15-16/h3-4,7,17H,2,5-6H2,1H3/t7-/m1/s1. The summed E-state index contributed by atoms with van der Waals surface area (Å²) in [5.74, 6) is 0. The number of hydrogen-bond donors (Lipinski definition) is 1. The van der Waals surface area contributed by atoms with Gasteiger partial charge in [-0.1, -0.05) is 28.4 Å². The Kier molecular flexibility index (Phi) is 4.40. The van der Waals surface area contributed by atoms with Crippen molar-refractivity contribution in [2.45, 2.75) is 19.6 Å². The van der Waals surface area contributed by atoms with Crippen LogP contribution in [0.4, 0.5) is 0 Å². The van der Waals surface area contributed by atoms with E-state index < -0.39 is 6.10 Å². The van der Waals surface area contributed by atoms with Crippen LogP contribution < -0.4 is 0 Å². The first-order valence-corrected chi connectivity index (χ1v) is 6.31. The Morgan fingerprint density at radius 2 is 2.11 bits per heavy atom. The number of halogens is 2. The number of aromatic nitrogens is 3. The molecule has 0 fully saturated rings. The van der Waals surface area contributed by atoms with Crippen LogP contribution in [0.3, 0.4) is 0 Å². The van der Waals surface area contributed by atoms with Gasteiger partial charge in [0.25, 0.3) is 0 Å². The summed E-state index contributed by atoms with van der Waals surface area (Å²) in [7, 11) is 0. The summed E-state index contributed by atoms with van der Waals surface area (Å²) >= 11 is 11.8. The van der Waals surface area contributed by atoms with E-state index in [2.05, 4.69) is 10.3 Å². The number of aliphatic hydroxyl groups excluding tert-OH is 1. The molecule has 0 aliphatic rings. The number of hydrogen-bond acceptors (Lipinski definition) is 4. The molecular weight excluding hydrogens is 277 g/mol. The van der Waals surface area contributed by atoms with E-state index in [-0.39, 0.29) is 6.61 Å². The molecule has 98 valence electrons. The van der Waals surface area contributed by atoms with Gasteiger partial charge in [-0.15, -0.1) is 5.10 Å². The third kappa shape index (κ3) is 2.92. The minimum absolute atomic E-state index is 0.263. The van der Waals surface area contributed by atoms with E-state index in [1.807, 2.05) is 6.92 Å². The molecule has 1 aromatic heterocycles. The summed E-state index contributed by atoms with van der Waals surface area (Å²) < 4.78 is 6.72. The molecule has 2 aromatic rings. The van der Waals surface area contributed by atoms with Gasteiger partial charge in [-0.25, -0.2) is 4.68 Å². The van der Waals surface area contributed by atoms with Gasteiger partial charge in [0.15, 0.2) is 0 Å². The van der Waals surface area contributed by atoms with Crippen molar-refractivity contribution in [1.82, 2.24) is 15.0 Å². The molecule has 0 bridgehead atoms. The number of fused-ring (bicyclic) bond motifs is 1. The Hall–Kier alpha value is -0.880. The summed E-state index contributed by atoms with van der Waals surface area (Å²) in [4.78, 5) is 0. The van der Waals surface area contributed by atoms with Gasteiger partial charge < -0.3 is 9.84 Å². The van der Waals surface area contributed by atoms with Crippen LogP contribution in [0.1, 0.15) is 6.92 Å². The second kappa shape index (κ2) is 5.84. The third-order valence-corrected chi connectivity index (χ3v) is 3.18. The highest BCUT2D eigenvalue weighted by atomic mass is 35.5. The first-order valence-electron chi connectivity index (χ1n) is 5.56. The maximum Gasteiger partial charge on any atom is 0.114 e. The lowest BCUT2D eigenvalue weighted by Gasteiger charge is -2.10. The number of aliphatic hydroxyl groups is 1. The van der Waals surface area contributed by atoms with Crippen LogP contribution >= 0.6 is 23.2 Å². The average molecular weight is 290 g/mol. The van der Waals surface area contributed by atoms with Gasteiger partial charge in [-0.2, -0.15) is 0 Å². The van der Waals surface area contributed by atoms with Gasteiger partial charge in [0.1, 0.15) is 5.52 Å². The topological polar surface area (TPSA) is 60.2 Å². The molecule has 0 aliphatic heterocycles. The molecule has 0 aliphatic carbocycles. The molecule has 0 unspecified atom stereocenters. The minimum atomic E-state index is -0.635. The first kappa shape index (κ1) is 13.5. The maximum absolute atomic E-state index is 9.76. The molecule has 0 saturated heterocycles. The van der Waals surface area contributed by atoms with Crippen molar-refractivity contribution in [3.8, 4) is 0 Å². The second-order valence-electron chi connectivity index (χ2n) is 3.84. The molecule has 0 spiro atoms. The monoisotopic (exact) mass is 289 g/mol. The fourth-order valence-corrected chi connectivity index (χ4v) is 1.92. The Morgan fingerprint density at radius 3 is 2.83 bits per heavy atom. The molecule has 5 nitrogen and oxygen atoms in total. The van der Waals surface area contributed by atoms with Crippen molar-refractivity contribution in [1.29, 1.82) is 0 Å². The molecule has 0 radical (unpaired) electrons. The molecule has 18 heavy (non-hydrogen) atoms. The summed E-state index contributed by atoms with van der Waals surface area (Å²) in [6.45, 7) is 3.00. The molecule has 1 aromatic carbocycles. The quantitative estimate of drug-likeness (QED) is 0.916. The summed E-state index contributed by atoms with van der Waals surface area (Å²) in [6, 6.07) is 3.34. The van der Waals surface area contributed by atoms with Crippen molar-refractivity contribution in [3.63, 3.8) is 0 Å². The lowest BCUT2D eigenvalue weighted by Crippen LogP contribution is -2.22. The average Bonchev–Trinajstić information content (AvgIpc) is 2.70. The fraction of sp³-hybridized carbons (Fsp3) is 0.455. The molecule has 1 N–H and O–H groups in total. The van der Waals surface area contributed by atoms with Crippen LogP contribution in [0.5, 0.6) is 0 Å². The van der Waals surface area contributed by atoms with Gasteiger partial charge in [-0.3, -0.25) is 0 Å². The number of ether oxygens (including phenoxy) is 1. The van der Waals surface area contributed by atoms with E-state index in [9.17, 15) is 5.11 Å². The van der Waals surface area contributed by atoms with Gasteiger partial charge >= 0.3 is 0 Å². The van der Waals surface area contributed by atoms with Gasteiger partial charge in [0, 0.05) is 6.61 Å². The number of nitrogens with zero attached hydrogens (tertiary/aromatic N) is 3. The minimum Gasteiger partial charge on any atom is -0.389 e. The van der Waals surface area contributed by atoms with Gasteiger partial charge in [0.05, 0.1) is 34.8 Å². The Labute approximate surface area is 114 Å². The smallest absolute Gasteiger partial charge is 0.114 e. The summed E-state index contributed by atoms with van der Waals surface area (Å²) in [5.41, 5.74) is 1.38. The first-order chi connectivity index (χ1) is 8.61. The van der Waals surface area contributed by atoms with E-state index in [0.29, 0.717) is 28.7 Å². The summed E-state index contributed by atoms with van der Waals surface area (Å²) in [5, 5.41) is 18.6. The SMILES string of the molecule is CCOC[C@H](O)Cn1nnc2cc(Cl)c(Cl)cc21. The Bertz CT molecular complexity index is 544. The van der Waals surface area contributed by atoms with Crippen LogP contribution in [-0.2, 0) is 11.3 Å². The Morgan fingerprint density at radius 1 is 1.39 bits per heavy atom. The molecule has 0 amide bonds. The molecule has 1 heterocycles. The van der Waals surface area contributed by atoms with Crippen molar-refractivity contribution in [3.05, 3.63) is 22.2 Å². The van der Waals surface area contributed by atoms with Crippen LogP contribution in [0.2, 0.25) is 10.0 Å². The summed E-state index contributed by atoms with van der Waals surface area (Å²) in [6.07, 6.45) is -0.635. The van der Waals surface area contributed by atoms with Crippen LogP contribution in [0.25, 0.3) is 11.0 Å². The molecule has 0 saturated carbocycles. The second-order valence-corrected chi connectivity index (χ2v) is 4.65. The van der Waals surface area contributed by atoms with E-state index in [1.54, 1.807) is 16.8 Å². The predicted octanol–water partition coefficient (Wildman–Crippen LogP) is 2.14. The van der Waals surface area contributed by atoms with Crippen molar-refractivity contribution in [2.24, 2.45) is 0 Å². The highest BCUT2D eigenvalue weighted by Gasteiger charge is 2.12. The number of benzene rings is 1. The molecule has 2 rings (SSSR count). The zero-order valence-electron chi connectivity index (χ0n) is 9.81. The zero-order valence-corrected chi connectivity index (χ0v) is 11.3. The molecule has 1 atom stereocenters. The van der Waals surface area contributed by atoms with Crippen molar-refractivity contribution in [2.75, 3.05) is 13.2 Å². The highest BCUT2D eigenvalue weighted by molar-refractivity contribution is 6.42. The lowest BCUT2D eigenvalue weighted by atomic mass is 10.3. The van der Waals surface area contributed by atoms with E-state index in [0.717, 1.165) is 5.52 Å². The predicted molar refractivity (Wildman–Crippen MR) is 70.0 cm³/mol. The highest BCUT2D eigenvalue weighted by Crippen LogP contribution is 2.26. The largest absolute Gasteiger partial charge is 0.389 e. The van der Waals surface area contributed by atoms with Gasteiger partial charge in [0.2, 0.25) is 0 Å². The zero-order chi connectivity index (χ0) is 13.1.